The van der Waals surface area contributed by atoms with Gasteiger partial charge in [-0.2, -0.15) is 4.39 Å². The summed E-state index contributed by atoms with van der Waals surface area (Å²) >= 11 is 0. The second kappa shape index (κ2) is 11.4. The number of aliphatic carboxylic acids is 1. The molecule has 0 aliphatic rings. The molecule has 0 saturated carbocycles. The van der Waals surface area contributed by atoms with E-state index in [9.17, 15) is 9.18 Å². The molecule has 94 valence electrons. The zero-order chi connectivity index (χ0) is 13.1. The van der Waals surface area contributed by atoms with Crippen LogP contribution in [0.5, 0.6) is 0 Å². The first-order valence-corrected chi connectivity index (χ1v) is 5.34. The van der Waals surface area contributed by atoms with Crippen molar-refractivity contribution in [1.82, 2.24) is 0 Å². The molecule has 15 heavy (non-hydrogen) atoms. The fourth-order valence-corrected chi connectivity index (χ4v) is 0.570. The van der Waals surface area contributed by atoms with Crippen molar-refractivity contribution >= 4 is 5.97 Å². The topological polar surface area (TPSA) is 46.5 Å². The zero-order valence-electron chi connectivity index (χ0n) is 10.9. The predicted octanol–water partition coefficient (Wildman–Crippen LogP) is 3.48. The van der Waals surface area contributed by atoms with Gasteiger partial charge in [0.2, 0.25) is 0 Å². The summed E-state index contributed by atoms with van der Waals surface area (Å²) in [5.41, 5.74) is 0. The quantitative estimate of drug-likeness (QED) is 0.798. The molecule has 0 aliphatic carbocycles. The molecule has 0 aromatic carbocycles. The molecule has 0 fully saturated rings. The summed E-state index contributed by atoms with van der Waals surface area (Å²) in [6, 6.07) is 0. The van der Waals surface area contributed by atoms with Gasteiger partial charge in [0.1, 0.15) is 0 Å². The highest BCUT2D eigenvalue weighted by Gasteiger charge is 2.42. The van der Waals surface area contributed by atoms with Crippen LogP contribution >= 0.6 is 0 Å². The molecule has 1 atom stereocenters. The van der Waals surface area contributed by atoms with Gasteiger partial charge in [0.05, 0.1) is 0 Å². The normalized spacial score (nSPS) is 12.9. The number of hydrogen-bond donors (Lipinski definition) is 1. The summed E-state index contributed by atoms with van der Waals surface area (Å²) < 4.78 is 17.1. The number of carboxylic acids is 1. The largest absolute Gasteiger partial charge is 0.477 e. The molecule has 1 unspecified atom stereocenters. The third-order valence-corrected chi connectivity index (χ3v) is 1.33. The molecule has 4 heteroatoms. The fourth-order valence-electron chi connectivity index (χ4n) is 0.570. The van der Waals surface area contributed by atoms with Crippen LogP contribution in [0.4, 0.5) is 4.39 Å². The summed E-state index contributed by atoms with van der Waals surface area (Å²) in [4.78, 5) is 10.2. The van der Waals surface area contributed by atoms with Gasteiger partial charge in [0, 0.05) is 13.0 Å². The van der Waals surface area contributed by atoms with Crippen molar-refractivity contribution in [3.05, 3.63) is 0 Å². The molecule has 3 nitrogen and oxygen atoms in total. The molecule has 0 heterocycles. The van der Waals surface area contributed by atoms with E-state index in [1.165, 1.54) is 20.3 Å². The molecule has 0 amide bonds. The van der Waals surface area contributed by atoms with E-state index in [1.54, 1.807) is 0 Å². The van der Waals surface area contributed by atoms with Crippen LogP contribution in [0.15, 0.2) is 0 Å². The summed E-state index contributed by atoms with van der Waals surface area (Å²) in [5.74, 6) is -4.81. The number of halogens is 1. The van der Waals surface area contributed by atoms with Gasteiger partial charge in [0.25, 0.3) is 0 Å². The maximum Gasteiger partial charge on any atom is 0.369 e. The Bertz CT molecular complexity index is 149. The highest BCUT2D eigenvalue weighted by atomic mass is 19.2. The first-order valence-electron chi connectivity index (χ1n) is 5.34. The average Bonchev–Trinajstić information content (AvgIpc) is 2.20. The molecule has 0 rings (SSSR count). The minimum absolute atomic E-state index is 0.685. The molecular weight excluding hydrogens is 199 g/mol. The Balaban J connectivity index is -0.000000245. The van der Waals surface area contributed by atoms with Gasteiger partial charge in [-0.25, -0.2) is 4.79 Å². The maximum atomic E-state index is 12.9. The molecule has 0 saturated heterocycles. The van der Waals surface area contributed by atoms with Gasteiger partial charge in [-0.3, -0.25) is 0 Å². The second-order valence-corrected chi connectivity index (χ2v) is 3.02. The van der Waals surface area contributed by atoms with Crippen LogP contribution in [-0.4, -0.2) is 24.0 Å². The summed E-state index contributed by atoms with van der Waals surface area (Å²) in [7, 11) is 1.04. The van der Waals surface area contributed by atoms with Crippen molar-refractivity contribution in [2.45, 2.75) is 53.8 Å². The van der Waals surface area contributed by atoms with Crippen molar-refractivity contribution in [1.29, 1.82) is 0 Å². The molecular formula is C11H25FO3. The lowest BCUT2D eigenvalue weighted by molar-refractivity contribution is -0.199. The number of ether oxygens (including phenoxy) is 1. The summed E-state index contributed by atoms with van der Waals surface area (Å²) in [6.45, 7) is 11.1. The Hall–Kier alpha value is -0.640. The van der Waals surface area contributed by atoms with Crippen LogP contribution in [0.3, 0.4) is 0 Å². The van der Waals surface area contributed by atoms with Crippen molar-refractivity contribution in [2.75, 3.05) is 7.11 Å². The third-order valence-electron chi connectivity index (χ3n) is 1.33. The van der Waals surface area contributed by atoms with E-state index in [2.05, 4.69) is 18.6 Å². The second-order valence-electron chi connectivity index (χ2n) is 3.02. The van der Waals surface area contributed by atoms with Gasteiger partial charge < -0.3 is 9.84 Å². The molecule has 0 aliphatic heterocycles. The van der Waals surface area contributed by atoms with Crippen LogP contribution in [0.1, 0.15) is 48.0 Å². The zero-order valence-corrected chi connectivity index (χ0v) is 10.9. The SMILES string of the molecule is CC.CCC.COC(F)(C(=O)O)C(C)C. The van der Waals surface area contributed by atoms with E-state index >= 15 is 0 Å². The van der Waals surface area contributed by atoms with Gasteiger partial charge in [-0.1, -0.05) is 48.0 Å². The standard InChI is InChI=1S/C6H11FO3.C3H8.C2H6/c1-4(2)6(7,10-3)5(8)9;1-3-2;1-2/h4H,1-3H3,(H,8,9);3H2,1-2H3;1-2H3. The van der Waals surface area contributed by atoms with Crippen LogP contribution in [0.2, 0.25) is 0 Å². The Morgan fingerprint density at radius 3 is 1.67 bits per heavy atom. The first-order chi connectivity index (χ1) is 6.86. The molecule has 1 N–H and O–H groups in total. The predicted molar refractivity (Wildman–Crippen MR) is 60.6 cm³/mol. The van der Waals surface area contributed by atoms with Crippen LogP contribution in [0, 0.1) is 5.92 Å². The smallest absolute Gasteiger partial charge is 0.369 e. The molecule has 0 spiro atoms. The number of hydrogen-bond acceptors (Lipinski definition) is 2. The van der Waals surface area contributed by atoms with E-state index in [4.69, 9.17) is 5.11 Å². The van der Waals surface area contributed by atoms with Crippen molar-refractivity contribution in [3.63, 3.8) is 0 Å². The number of rotatable bonds is 3. The van der Waals surface area contributed by atoms with Crippen molar-refractivity contribution in [2.24, 2.45) is 5.92 Å². The first kappa shape index (κ1) is 19.9. The van der Waals surface area contributed by atoms with Crippen LogP contribution < -0.4 is 0 Å². The Morgan fingerprint density at radius 1 is 1.40 bits per heavy atom. The number of carboxylic acid groups (broad SMARTS) is 1. The van der Waals surface area contributed by atoms with Crippen LogP contribution in [-0.2, 0) is 9.53 Å². The fraction of sp³-hybridized carbons (Fsp3) is 0.909. The van der Waals surface area contributed by atoms with E-state index in [0.29, 0.717) is 0 Å². The van der Waals surface area contributed by atoms with E-state index in [-0.39, 0.29) is 0 Å². The minimum atomic E-state index is -2.54. The van der Waals surface area contributed by atoms with E-state index in [1.807, 2.05) is 13.8 Å². The van der Waals surface area contributed by atoms with E-state index in [0.717, 1.165) is 7.11 Å². The van der Waals surface area contributed by atoms with Crippen molar-refractivity contribution in [3.8, 4) is 0 Å². The van der Waals surface area contributed by atoms with Gasteiger partial charge in [0.15, 0.2) is 0 Å². The average molecular weight is 224 g/mol. The highest BCUT2D eigenvalue weighted by Crippen LogP contribution is 2.22. The summed E-state index contributed by atoms with van der Waals surface area (Å²) in [5, 5.41) is 8.30. The Kier molecular flexibility index (Phi) is 15.1. The number of methoxy groups -OCH3 is 1. The number of carbonyl (C=O) groups is 1. The molecule has 0 aromatic rings. The third kappa shape index (κ3) is 8.36. The summed E-state index contributed by atoms with van der Waals surface area (Å²) in [6.07, 6.45) is 1.25. The maximum absolute atomic E-state index is 12.9. The lowest BCUT2D eigenvalue weighted by Gasteiger charge is -2.21. The number of alkyl halides is 1. The lowest BCUT2D eigenvalue weighted by Crippen LogP contribution is -2.40. The van der Waals surface area contributed by atoms with Gasteiger partial charge in [-0.05, 0) is 0 Å². The van der Waals surface area contributed by atoms with Gasteiger partial charge >= 0.3 is 11.8 Å². The van der Waals surface area contributed by atoms with Crippen molar-refractivity contribution < 1.29 is 19.0 Å². The molecule has 0 radical (unpaired) electrons. The molecule has 0 aromatic heterocycles. The Morgan fingerprint density at radius 2 is 1.67 bits per heavy atom. The highest BCUT2D eigenvalue weighted by molar-refractivity contribution is 5.75. The van der Waals surface area contributed by atoms with E-state index < -0.39 is 17.7 Å². The monoisotopic (exact) mass is 224 g/mol. The lowest BCUT2D eigenvalue weighted by atomic mass is 10.1. The van der Waals surface area contributed by atoms with Crippen LogP contribution in [0.25, 0.3) is 0 Å². The van der Waals surface area contributed by atoms with Gasteiger partial charge in [-0.15, -0.1) is 0 Å². The Labute approximate surface area is 92.6 Å². The minimum Gasteiger partial charge on any atom is -0.477 e. The molecule has 0 bridgehead atoms.